The zero-order chi connectivity index (χ0) is 17.2. The van der Waals surface area contributed by atoms with Crippen LogP contribution in [0.4, 0.5) is 0 Å². The summed E-state index contributed by atoms with van der Waals surface area (Å²) in [5.41, 5.74) is 7.20. The lowest BCUT2D eigenvalue weighted by Gasteiger charge is -2.18. The number of aryl methyl sites for hydroxylation is 1. The highest BCUT2D eigenvalue weighted by atomic mass is 35.5. The monoisotopic (exact) mass is 386 g/mol. The molecule has 3 rings (SSSR count). The van der Waals surface area contributed by atoms with Gasteiger partial charge in [0.25, 0.3) is 0 Å². The Bertz CT molecular complexity index is 681. The Balaban J connectivity index is 0.00000225. The molecule has 5 nitrogen and oxygen atoms in total. The van der Waals surface area contributed by atoms with Gasteiger partial charge in [-0.05, 0) is 43.1 Å². The molecular weight excluding hydrogens is 360 g/mol. The molecule has 3 unspecified atom stereocenters. The van der Waals surface area contributed by atoms with Crippen LogP contribution in [0.2, 0.25) is 0 Å². The summed E-state index contributed by atoms with van der Waals surface area (Å²) in [7, 11) is -3.35. The second-order valence-electron chi connectivity index (χ2n) is 7.15. The van der Waals surface area contributed by atoms with Crippen LogP contribution < -0.4 is 5.73 Å². The number of likely N-dealkylation sites (tertiary alicyclic amines) is 1. The number of amides is 1. The first-order chi connectivity index (χ1) is 11.4. The fourth-order valence-corrected chi connectivity index (χ4v) is 5.29. The Hall–Kier alpha value is -1.11. The number of nitrogens with two attached hydrogens (primary N) is 1. The predicted octanol–water partition coefficient (Wildman–Crippen LogP) is 1.65. The van der Waals surface area contributed by atoms with E-state index in [2.05, 4.69) is 0 Å². The molecule has 0 spiro atoms. The SMILES string of the molecule is Cl.NC1CCC2CN(C(=O)CS(=O)(=O)CCCc3ccccc3)CC12. The largest absolute Gasteiger partial charge is 0.341 e. The number of rotatable bonds is 6. The molecule has 140 valence electrons. The molecular formula is C18H27ClN2O3S. The third-order valence-corrected chi connectivity index (χ3v) is 6.97. The van der Waals surface area contributed by atoms with E-state index >= 15 is 0 Å². The van der Waals surface area contributed by atoms with E-state index in [1.807, 2.05) is 30.3 Å². The molecule has 1 saturated heterocycles. The van der Waals surface area contributed by atoms with Gasteiger partial charge in [0.05, 0.1) is 5.75 Å². The molecule has 1 amide bonds. The van der Waals surface area contributed by atoms with Crippen LogP contribution in [0.5, 0.6) is 0 Å². The third kappa shape index (κ3) is 5.19. The molecule has 3 atom stereocenters. The van der Waals surface area contributed by atoms with E-state index in [0.717, 1.165) is 24.8 Å². The highest BCUT2D eigenvalue weighted by molar-refractivity contribution is 7.92. The lowest BCUT2D eigenvalue weighted by Crippen LogP contribution is -2.37. The first-order valence-electron chi connectivity index (χ1n) is 8.72. The van der Waals surface area contributed by atoms with Gasteiger partial charge in [-0.3, -0.25) is 4.79 Å². The van der Waals surface area contributed by atoms with Gasteiger partial charge >= 0.3 is 0 Å². The number of nitrogens with zero attached hydrogens (tertiary/aromatic N) is 1. The smallest absolute Gasteiger partial charge is 0.237 e. The Labute approximate surface area is 156 Å². The second-order valence-corrected chi connectivity index (χ2v) is 9.33. The standard InChI is InChI=1S/C18H26N2O3S.ClH/c19-17-9-8-15-11-20(12-16(15)17)18(21)13-24(22,23)10-4-7-14-5-2-1-3-6-14;/h1-3,5-6,15-17H,4,7-13,19H2;1H. The van der Waals surface area contributed by atoms with Crippen molar-refractivity contribution in [2.45, 2.75) is 31.7 Å². The summed E-state index contributed by atoms with van der Waals surface area (Å²) in [4.78, 5) is 14.0. The lowest BCUT2D eigenvalue weighted by molar-refractivity contribution is -0.127. The Morgan fingerprint density at radius 3 is 2.56 bits per heavy atom. The van der Waals surface area contributed by atoms with Gasteiger partial charge in [0.1, 0.15) is 5.75 Å². The van der Waals surface area contributed by atoms with Gasteiger partial charge in [0, 0.05) is 19.1 Å². The van der Waals surface area contributed by atoms with E-state index in [4.69, 9.17) is 5.73 Å². The van der Waals surface area contributed by atoms with Crippen molar-refractivity contribution < 1.29 is 13.2 Å². The topological polar surface area (TPSA) is 80.5 Å². The average molecular weight is 387 g/mol. The van der Waals surface area contributed by atoms with E-state index in [0.29, 0.717) is 31.3 Å². The summed E-state index contributed by atoms with van der Waals surface area (Å²) in [6, 6.07) is 9.98. The highest BCUT2D eigenvalue weighted by Crippen LogP contribution is 2.37. The number of halogens is 1. The Morgan fingerprint density at radius 2 is 1.88 bits per heavy atom. The normalized spacial score (nSPS) is 25.5. The summed E-state index contributed by atoms with van der Waals surface area (Å²) in [5, 5.41) is 0. The van der Waals surface area contributed by atoms with Crippen LogP contribution >= 0.6 is 12.4 Å². The van der Waals surface area contributed by atoms with E-state index in [1.165, 1.54) is 0 Å². The molecule has 2 aliphatic rings. The molecule has 2 N–H and O–H groups in total. The van der Waals surface area contributed by atoms with Gasteiger partial charge in [0.15, 0.2) is 9.84 Å². The average Bonchev–Trinajstić information content (AvgIpc) is 3.10. The van der Waals surface area contributed by atoms with Crippen LogP contribution in [0.15, 0.2) is 30.3 Å². The summed E-state index contributed by atoms with van der Waals surface area (Å²) in [6.45, 7) is 1.31. The van der Waals surface area contributed by atoms with Gasteiger partial charge in [0.2, 0.25) is 5.91 Å². The van der Waals surface area contributed by atoms with Crippen molar-refractivity contribution >= 4 is 28.2 Å². The molecule has 0 radical (unpaired) electrons. The predicted molar refractivity (Wildman–Crippen MR) is 101 cm³/mol. The van der Waals surface area contributed by atoms with Crippen LogP contribution in [-0.2, 0) is 21.1 Å². The quantitative estimate of drug-likeness (QED) is 0.806. The maximum absolute atomic E-state index is 12.3. The Kier molecular flexibility index (Phi) is 6.88. The fraction of sp³-hybridized carbons (Fsp3) is 0.611. The maximum atomic E-state index is 12.3. The van der Waals surface area contributed by atoms with Crippen molar-refractivity contribution in [2.75, 3.05) is 24.6 Å². The summed E-state index contributed by atoms with van der Waals surface area (Å²) >= 11 is 0. The maximum Gasteiger partial charge on any atom is 0.237 e. The van der Waals surface area contributed by atoms with Crippen LogP contribution in [0.1, 0.15) is 24.8 Å². The van der Waals surface area contributed by atoms with Gasteiger partial charge in [-0.25, -0.2) is 8.42 Å². The summed E-state index contributed by atoms with van der Waals surface area (Å²) < 4.78 is 24.5. The minimum absolute atomic E-state index is 0. The van der Waals surface area contributed by atoms with Crippen LogP contribution in [-0.4, -0.2) is 49.9 Å². The van der Waals surface area contributed by atoms with Crippen LogP contribution in [0.3, 0.4) is 0 Å². The molecule has 0 aromatic heterocycles. The van der Waals surface area contributed by atoms with E-state index in [1.54, 1.807) is 4.90 Å². The first-order valence-corrected chi connectivity index (χ1v) is 10.5. The van der Waals surface area contributed by atoms with E-state index in [-0.39, 0.29) is 35.9 Å². The van der Waals surface area contributed by atoms with Gasteiger partial charge in [-0.15, -0.1) is 12.4 Å². The van der Waals surface area contributed by atoms with Crippen molar-refractivity contribution in [3.63, 3.8) is 0 Å². The second kappa shape index (κ2) is 8.52. The molecule has 1 aliphatic heterocycles. The number of fused-ring (bicyclic) bond motifs is 1. The molecule has 2 fully saturated rings. The van der Waals surface area contributed by atoms with Crippen LogP contribution in [0.25, 0.3) is 0 Å². The number of carbonyl (C=O) groups excluding carboxylic acids is 1. The number of carbonyl (C=O) groups is 1. The minimum Gasteiger partial charge on any atom is -0.341 e. The van der Waals surface area contributed by atoms with Gasteiger partial charge in [-0.2, -0.15) is 0 Å². The summed E-state index contributed by atoms with van der Waals surface area (Å²) in [5.74, 6) is 0.264. The van der Waals surface area contributed by atoms with Crippen LogP contribution in [0, 0.1) is 11.8 Å². The van der Waals surface area contributed by atoms with Crippen molar-refractivity contribution in [3.8, 4) is 0 Å². The highest BCUT2D eigenvalue weighted by Gasteiger charge is 2.42. The van der Waals surface area contributed by atoms with Crippen molar-refractivity contribution in [1.29, 1.82) is 0 Å². The molecule has 25 heavy (non-hydrogen) atoms. The molecule has 1 aromatic rings. The first kappa shape index (κ1) is 20.2. The number of sulfone groups is 1. The van der Waals surface area contributed by atoms with Crippen molar-refractivity contribution in [1.82, 2.24) is 4.90 Å². The third-order valence-electron chi connectivity index (χ3n) is 5.37. The molecule has 7 heteroatoms. The van der Waals surface area contributed by atoms with Crippen molar-refractivity contribution in [2.24, 2.45) is 17.6 Å². The van der Waals surface area contributed by atoms with Crippen molar-refractivity contribution in [3.05, 3.63) is 35.9 Å². The van der Waals surface area contributed by atoms with Gasteiger partial charge < -0.3 is 10.6 Å². The molecule has 1 aromatic carbocycles. The number of hydrogen-bond acceptors (Lipinski definition) is 4. The number of benzene rings is 1. The van der Waals surface area contributed by atoms with E-state index < -0.39 is 9.84 Å². The number of hydrogen-bond donors (Lipinski definition) is 1. The molecule has 0 bridgehead atoms. The van der Waals surface area contributed by atoms with E-state index in [9.17, 15) is 13.2 Å². The summed E-state index contributed by atoms with van der Waals surface area (Å²) in [6.07, 6.45) is 3.35. The molecule has 1 aliphatic carbocycles. The zero-order valence-electron chi connectivity index (χ0n) is 14.3. The minimum atomic E-state index is -3.35. The molecule has 1 saturated carbocycles. The van der Waals surface area contributed by atoms with Gasteiger partial charge in [-0.1, -0.05) is 30.3 Å². The zero-order valence-corrected chi connectivity index (χ0v) is 16.0. The Morgan fingerprint density at radius 1 is 1.16 bits per heavy atom. The lowest BCUT2D eigenvalue weighted by atomic mass is 9.98. The fourth-order valence-electron chi connectivity index (χ4n) is 4.00. The molecule has 1 heterocycles.